The number of amidine groups is 1. The van der Waals surface area contributed by atoms with Crippen molar-refractivity contribution >= 4 is 17.3 Å². The Hall–Kier alpha value is -3.14. The van der Waals surface area contributed by atoms with Crippen molar-refractivity contribution in [2.75, 3.05) is 18.5 Å². The lowest BCUT2D eigenvalue weighted by Crippen LogP contribution is -2.30. The van der Waals surface area contributed by atoms with Gasteiger partial charge in [0.25, 0.3) is 0 Å². The third-order valence-corrected chi connectivity index (χ3v) is 4.11. The molecule has 0 radical (unpaired) electrons. The summed E-state index contributed by atoms with van der Waals surface area (Å²) in [6, 6.07) is 2.37. The lowest BCUT2D eigenvalue weighted by Gasteiger charge is -2.17. The molecule has 1 aromatic carbocycles. The fourth-order valence-electron chi connectivity index (χ4n) is 2.80. The van der Waals surface area contributed by atoms with Crippen molar-refractivity contribution in [3.05, 3.63) is 59.2 Å². The maximum atomic E-state index is 14.0. The number of aliphatic imine (C=N–C) groups is 1. The normalized spacial score (nSPS) is 15.3. The SMILES string of the molecule is C[C@@H](Nc1ccn2ncc(C3=NCCON3)c2n1)c1cc(F)cc(F)c1F. The van der Waals surface area contributed by atoms with E-state index in [1.54, 1.807) is 29.9 Å². The summed E-state index contributed by atoms with van der Waals surface area (Å²) in [5, 5.41) is 7.15. The number of hydroxylamine groups is 1. The molecule has 3 aromatic rings. The van der Waals surface area contributed by atoms with Gasteiger partial charge in [-0.1, -0.05) is 0 Å². The van der Waals surface area contributed by atoms with Crippen molar-refractivity contribution in [3.63, 3.8) is 0 Å². The highest BCUT2D eigenvalue weighted by Crippen LogP contribution is 2.24. The van der Waals surface area contributed by atoms with Gasteiger partial charge in [0.1, 0.15) is 11.6 Å². The zero-order valence-electron chi connectivity index (χ0n) is 14.2. The summed E-state index contributed by atoms with van der Waals surface area (Å²) in [4.78, 5) is 13.9. The van der Waals surface area contributed by atoms with Gasteiger partial charge in [0.05, 0.1) is 31.0 Å². The first-order valence-electron chi connectivity index (χ1n) is 8.21. The molecule has 140 valence electrons. The topological polar surface area (TPSA) is 75.8 Å². The van der Waals surface area contributed by atoms with Crippen molar-refractivity contribution in [1.82, 2.24) is 20.1 Å². The van der Waals surface area contributed by atoms with Crippen LogP contribution in [0.25, 0.3) is 5.65 Å². The summed E-state index contributed by atoms with van der Waals surface area (Å²) in [5.41, 5.74) is 3.72. The van der Waals surface area contributed by atoms with Crippen LogP contribution in [0.2, 0.25) is 0 Å². The number of nitrogens with zero attached hydrogens (tertiary/aromatic N) is 4. The van der Waals surface area contributed by atoms with Crippen molar-refractivity contribution < 1.29 is 18.0 Å². The van der Waals surface area contributed by atoms with E-state index in [9.17, 15) is 13.2 Å². The fourth-order valence-corrected chi connectivity index (χ4v) is 2.80. The number of hydrogen-bond acceptors (Lipinski definition) is 6. The molecule has 2 aromatic heterocycles. The van der Waals surface area contributed by atoms with Gasteiger partial charge >= 0.3 is 0 Å². The molecule has 0 spiro atoms. The van der Waals surface area contributed by atoms with Gasteiger partial charge in [0, 0.05) is 17.8 Å². The highest BCUT2D eigenvalue weighted by molar-refractivity contribution is 6.03. The average Bonchev–Trinajstić information content (AvgIpc) is 3.08. The molecule has 1 aliphatic heterocycles. The summed E-state index contributed by atoms with van der Waals surface area (Å²) < 4.78 is 42.4. The fraction of sp³-hybridized carbons (Fsp3) is 0.235. The number of aromatic nitrogens is 3. The maximum Gasteiger partial charge on any atom is 0.168 e. The first-order valence-corrected chi connectivity index (χ1v) is 8.21. The average molecular weight is 376 g/mol. The van der Waals surface area contributed by atoms with E-state index in [4.69, 9.17) is 4.84 Å². The number of fused-ring (bicyclic) bond motifs is 1. The van der Waals surface area contributed by atoms with E-state index in [2.05, 4.69) is 25.9 Å². The first kappa shape index (κ1) is 17.3. The molecule has 0 aliphatic carbocycles. The van der Waals surface area contributed by atoms with Crippen LogP contribution in [0.3, 0.4) is 0 Å². The highest BCUT2D eigenvalue weighted by atomic mass is 19.2. The molecule has 0 bridgehead atoms. The van der Waals surface area contributed by atoms with Gasteiger partial charge < -0.3 is 5.32 Å². The highest BCUT2D eigenvalue weighted by Gasteiger charge is 2.19. The lowest BCUT2D eigenvalue weighted by molar-refractivity contribution is 0.0827. The van der Waals surface area contributed by atoms with E-state index in [-0.39, 0.29) is 5.56 Å². The number of hydrogen-bond donors (Lipinski definition) is 2. The Bertz CT molecular complexity index is 1030. The van der Waals surface area contributed by atoms with E-state index in [1.807, 2.05) is 0 Å². The summed E-state index contributed by atoms with van der Waals surface area (Å²) in [7, 11) is 0. The van der Waals surface area contributed by atoms with Crippen LogP contribution >= 0.6 is 0 Å². The molecule has 0 fully saturated rings. The number of rotatable bonds is 4. The molecule has 1 atom stereocenters. The largest absolute Gasteiger partial charge is 0.363 e. The van der Waals surface area contributed by atoms with Crippen molar-refractivity contribution in [2.24, 2.45) is 4.99 Å². The quantitative estimate of drug-likeness (QED) is 0.685. The lowest BCUT2D eigenvalue weighted by atomic mass is 10.1. The molecule has 27 heavy (non-hydrogen) atoms. The number of anilines is 1. The molecule has 4 rings (SSSR count). The van der Waals surface area contributed by atoms with E-state index >= 15 is 0 Å². The summed E-state index contributed by atoms with van der Waals surface area (Å²) in [6.45, 7) is 2.57. The predicted molar refractivity (Wildman–Crippen MR) is 91.8 cm³/mol. The van der Waals surface area contributed by atoms with Crippen LogP contribution in [-0.4, -0.2) is 33.6 Å². The van der Waals surface area contributed by atoms with Gasteiger partial charge in [-0.2, -0.15) is 5.10 Å². The Morgan fingerprint density at radius 2 is 2.15 bits per heavy atom. The molecule has 0 saturated carbocycles. The van der Waals surface area contributed by atoms with Crippen molar-refractivity contribution in [3.8, 4) is 0 Å². The molecule has 2 N–H and O–H groups in total. The zero-order valence-corrected chi connectivity index (χ0v) is 14.2. The molecular weight excluding hydrogens is 361 g/mol. The van der Waals surface area contributed by atoms with E-state index in [0.717, 1.165) is 6.07 Å². The zero-order chi connectivity index (χ0) is 19.0. The number of halogens is 3. The van der Waals surface area contributed by atoms with Gasteiger partial charge in [0.2, 0.25) is 0 Å². The Labute approximate surface area is 151 Å². The Kier molecular flexibility index (Phi) is 4.40. The summed E-state index contributed by atoms with van der Waals surface area (Å²) in [5.74, 6) is -2.28. The second-order valence-electron chi connectivity index (χ2n) is 5.98. The van der Waals surface area contributed by atoms with Crippen molar-refractivity contribution in [1.29, 1.82) is 0 Å². The minimum atomic E-state index is -1.23. The van der Waals surface area contributed by atoms with Gasteiger partial charge in [0.15, 0.2) is 23.1 Å². The Morgan fingerprint density at radius 3 is 2.93 bits per heavy atom. The van der Waals surface area contributed by atoms with Crippen LogP contribution < -0.4 is 10.8 Å². The number of benzene rings is 1. The van der Waals surface area contributed by atoms with Crippen LogP contribution in [0, 0.1) is 17.5 Å². The second kappa shape index (κ2) is 6.88. The van der Waals surface area contributed by atoms with Gasteiger partial charge in [-0.15, -0.1) is 0 Å². The van der Waals surface area contributed by atoms with E-state index in [0.29, 0.717) is 42.1 Å². The van der Waals surface area contributed by atoms with Gasteiger partial charge in [-0.25, -0.2) is 28.2 Å². The van der Waals surface area contributed by atoms with Crippen LogP contribution in [-0.2, 0) is 4.84 Å². The Balaban J connectivity index is 1.65. The molecule has 1 aliphatic rings. The Morgan fingerprint density at radius 1 is 1.30 bits per heavy atom. The minimum Gasteiger partial charge on any atom is -0.363 e. The standard InChI is InChI=1S/C17H15F3N6O/c1-9(11-6-10(18)7-13(19)15(11)20)23-14-2-4-26-17(24-14)12(8-22-26)16-21-3-5-27-25-16/h2,4,6-9H,3,5H2,1H3,(H,21,25)(H,23,24)/t9-/m1/s1. The molecule has 3 heterocycles. The van der Waals surface area contributed by atoms with Crippen LogP contribution in [0.4, 0.5) is 19.0 Å². The van der Waals surface area contributed by atoms with Gasteiger partial charge in [-0.05, 0) is 19.1 Å². The van der Waals surface area contributed by atoms with E-state index in [1.165, 1.54) is 0 Å². The molecule has 10 heteroatoms. The smallest absolute Gasteiger partial charge is 0.168 e. The minimum absolute atomic E-state index is 0.130. The maximum absolute atomic E-state index is 14.0. The third kappa shape index (κ3) is 3.31. The summed E-state index contributed by atoms with van der Waals surface area (Å²) in [6.07, 6.45) is 3.26. The van der Waals surface area contributed by atoms with Crippen LogP contribution in [0.5, 0.6) is 0 Å². The van der Waals surface area contributed by atoms with Crippen molar-refractivity contribution in [2.45, 2.75) is 13.0 Å². The van der Waals surface area contributed by atoms with E-state index < -0.39 is 23.5 Å². The molecule has 0 unspecified atom stereocenters. The molecule has 0 amide bonds. The summed E-state index contributed by atoms with van der Waals surface area (Å²) >= 11 is 0. The van der Waals surface area contributed by atoms with Crippen LogP contribution in [0.1, 0.15) is 24.1 Å². The number of nitrogens with one attached hydrogen (secondary N) is 2. The first-order chi connectivity index (χ1) is 13.0. The van der Waals surface area contributed by atoms with Crippen LogP contribution in [0.15, 0.2) is 35.6 Å². The van der Waals surface area contributed by atoms with Gasteiger partial charge in [-0.3, -0.25) is 9.83 Å². The monoisotopic (exact) mass is 376 g/mol. The molecule has 7 nitrogen and oxygen atoms in total. The third-order valence-electron chi connectivity index (χ3n) is 4.11. The molecular formula is C17H15F3N6O. The molecule has 0 saturated heterocycles. The predicted octanol–water partition coefficient (Wildman–Crippen LogP) is 2.60. The second-order valence-corrected chi connectivity index (χ2v) is 5.98.